The number of hydrogen-bond acceptors (Lipinski definition) is 2. The largest absolute Gasteiger partial charge is 0.392 e. The first-order chi connectivity index (χ1) is 9.54. The van der Waals surface area contributed by atoms with Crippen LogP contribution < -0.4 is 0 Å². The van der Waals surface area contributed by atoms with Crippen molar-refractivity contribution in [3.8, 4) is 0 Å². The van der Waals surface area contributed by atoms with Crippen LogP contribution in [-0.4, -0.2) is 17.0 Å². The van der Waals surface area contributed by atoms with E-state index < -0.39 is 6.10 Å². The van der Waals surface area contributed by atoms with E-state index in [-0.39, 0.29) is 5.82 Å². The van der Waals surface area contributed by atoms with Crippen LogP contribution in [0.4, 0.5) is 4.39 Å². The highest BCUT2D eigenvalue weighted by Gasteiger charge is 2.10. The molecule has 0 aliphatic rings. The molecular weight excluding hydrogens is 318 g/mol. The molecule has 0 saturated carbocycles. The fraction of sp³-hybridized carbons (Fsp3) is 0.200. The van der Waals surface area contributed by atoms with Gasteiger partial charge in [0.1, 0.15) is 5.82 Å². The Labute approximate surface area is 131 Å². The van der Waals surface area contributed by atoms with Gasteiger partial charge in [0.05, 0.1) is 6.10 Å². The molecule has 0 amide bonds. The van der Waals surface area contributed by atoms with Gasteiger partial charge in [-0.25, -0.2) is 4.39 Å². The molecule has 20 heavy (non-hydrogen) atoms. The summed E-state index contributed by atoms with van der Waals surface area (Å²) in [5, 5.41) is 11.0. The number of thioether (sulfide) groups is 1. The van der Waals surface area contributed by atoms with E-state index in [1.54, 1.807) is 6.07 Å². The van der Waals surface area contributed by atoms with E-state index in [0.29, 0.717) is 22.2 Å². The third-order valence-corrected chi connectivity index (χ3v) is 4.49. The second-order valence-corrected chi connectivity index (χ2v) is 6.30. The maximum atomic E-state index is 12.9. The summed E-state index contributed by atoms with van der Waals surface area (Å²) in [4.78, 5) is 1.04. The predicted molar refractivity (Wildman–Crippen MR) is 83.3 cm³/mol. The van der Waals surface area contributed by atoms with Gasteiger partial charge in [-0.15, -0.1) is 11.8 Å². The maximum Gasteiger partial charge on any atom is 0.124 e. The van der Waals surface area contributed by atoms with Gasteiger partial charge >= 0.3 is 0 Å². The van der Waals surface area contributed by atoms with Crippen molar-refractivity contribution in [2.24, 2.45) is 0 Å². The molecule has 5 heteroatoms. The van der Waals surface area contributed by atoms with E-state index in [1.807, 2.05) is 24.3 Å². The van der Waals surface area contributed by atoms with Crippen LogP contribution in [0.15, 0.2) is 47.4 Å². The van der Waals surface area contributed by atoms with Gasteiger partial charge in [0.2, 0.25) is 0 Å². The van der Waals surface area contributed by atoms with Crippen LogP contribution in [0, 0.1) is 5.82 Å². The van der Waals surface area contributed by atoms with Crippen molar-refractivity contribution in [3.63, 3.8) is 0 Å². The minimum absolute atomic E-state index is 0.348. The SMILES string of the molecule is OC(CSc1ccc(Cl)cc1)Cc1ccc(F)cc1Cl. The number of aliphatic hydroxyl groups is 1. The average Bonchev–Trinajstić information content (AvgIpc) is 2.41. The molecule has 0 spiro atoms. The third kappa shape index (κ3) is 4.67. The van der Waals surface area contributed by atoms with Crippen LogP contribution in [0.2, 0.25) is 10.0 Å². The quantitative estimate of drug-likeness (QED) is 0.792. The summed E-state index contributed by atoms with van der Waals surface area (Å²) in [5.41, 5.74) is 0.747. The second-order valence-electron chi connectivity index (χ2n) is 4.36. The van der Waals surface area contributed by atoms with Gasteiger partial charge in [0.25, 0.3) is 0 Å². The Balaban J connectivity index is 1.89. The number of hydrogen-bond donors (Lipinski definition) is 1. The summed E-state index contributed by atoms with van der Waals surface area (Å²) < 4.78 is 12.9. The zero-order chi connectivity index (χ0) is 14.5. The number of aliphatic hydroxyl groups excluding tert-OH is 1. The zero-order valence-corrected chi connectivity index (χ0v) is 12.9. The standard InChI is InChI=1S/C15H13Cl2FOS/c16-11-2-5-14(6-3-11)20-9-13(19)7-10-1-4-12(18)8-15(10)17/h1-6,8,13,19H,7,9H2. The minimum atomic E-state index is -0.543. The van der Waals surface area contributed by atoms with Gasteiger partial charge in [-0.3, -0.25) is 0 Å². The monoisotopic (exact) mass is 330 g/mol. The minimum Gasteiger partial charge on any atom is -0.392 e. The Hall–Kier alpha value is -0.740. The van der Waals surface area contributed by atoms with Crippen molar-refractivity contribution < 1.29 is 9.50 Å². The molecule has 1 atom stereocenters. The van der Waals surface area contributed by atoms with Gasteiger partial charge in [-0.1, -0.05) is 29.3 Å². The molecule has 2 aromatic rings. The molecule has 0 aliphatic carbocycles. The van der Waals surface area contributed by atoms with E-state index in [4.69, 9.17) is 23.2 Å². The smallest absolute Gasteiger partial charge is 0.124 e. The van der Waals surface area contributed by atoms with Crippen molar-refractivity contribution in [2.75, 3.05) is 5.75 Å². The van der Waals surface area contributed by atoms with Crippen LogP contribution in [0.25, 0.3) is 0 Å². The Kier molecular flexibility index (Phi) is 5.73. The highest BCUT2D eigenvalue weighted by Crippen LogP contribution is 2.23. The molecule has 0 aliphatic heterocycles. The van der Waals surface area contributed by atoms with Crippen molar-refractivity contribution in [1.29, 1.82) is 0 Å². The highest BCUT2D eigenvalue weighted by atomic mass is 35.5. The number of halogens is 3. The summed E-state index contributed by atoms with van der Waals surface area (Å²) in [7, 11) is 0. The van der Waals surface area contributed by atoms with E-state index in [1.165, 1.54) is 23.9 Å². The Morgan fingerprint density at radius 1 is 1.10 bits per heavy atom. The molecule has 0 bridgehead atoms. The molecular formula is C15H13Cl2FOS. The zero-order valence-electron chi connectivity index (χ0n) is 10.5. The summed E-state index contributed by atoms with van der Waals surface area (Å²) in [6.07, 6.45) is -0.140. The van der Waals surface area contributed by atoms with E-state index in [9.17, 15) is 9.50 Å². The van der Waals surface area contributed by atoms with Gasteiger partial charge in [0, 0.05) is 27.1 Å². The summed E-state index contributed by atoms with van der Waals surface area (Å²) >= 11 is 13.3. The number of rotatable bonds is 5. The van der Waals surface area contributed by atoms with Crippen LogP contribution in [0.1, 0.15) is 5.56 Å². The fourth-order valence-electron chi connectivity index (χ4n) is 1.72. The van der Waals surface area contributed by atoms with E-state index in [0.717, 1.165) is 10.5 Å². The average molecular weight is 331 g/mol. The van der Waals surface area contributed by atoms with Crippen molar-refractivity contribution >= 4 is 35.0 Å². The van der Waals surface area contributed by atoms with Gasteiger partial charge in [-0.2, -0.15) is 0 Å². The lowest BCUT2D eigenvalue weighted by Gasteiger charge is -2.11. The molecule has 1 unspecified atom stereocenters. The Bertz CT molecular complexity index is 575. The topological polar surface area (TPSA) is 20.2 Å². The summed E-state index contributed by atoms with van der Waals surface area (Å²) in [6, 6.07) is 11.7. The third-order valence-electron chi connectivity index (χ3n) is 2.73. The molecule has 1 N–H and O–H groups in total. The highest BCUT2D eigenvalue weighted by molar-refractivity contribution is 7.99. The first-order valence-electron chi connectivity index (χ1n) is 6.05. The molecule has 1 nitrogen and oxygen atoms in total. The fourth-order valence-corrected chi connectivity index (χ4v) is 2.92. The normalized spacial score (nSPS) is 12.4. The lowest BCUT2D eigenvalue weighted by Crippen LogP contribution is -2.13. The van der Waals surface area contributed by atoms with Gasteiger partial charge < -0.3 is 5.11 Å². The Morgan fingerprint density at radius 3 is 2.45 bits per heavy atom. The van der Waals surface area contributed by atoms with Crippen LogP contribution >= 0.6 is 35.0 Å². The molecule has 0 aromatic heterocycles. The lowest BCUT2D eigenvalue weighted by molar-refractivity contribution is 0.200. The second kappa shape index (κ2) is 7.32. The van der Waals surface area contributed by atoms with Gasteiger partial charge in [0.15, 0.2) is 0 Å². The summed E-state index contributed by atoms with van der Waals surface area (Å²) in [6.45, 7) is 0. The van der Waals surface area contributed by atoms with Crippen molar-refractivity contribution in [2.45, 2.75) is 17.4 Å². The van der Waals surface area contributed by atoms with E-state index >= 15 is 0 Å². The number of benzene rings is 2. The molecule has 106 valence electrons. The molecule has 0 fully saturated rings. The van der Waals surface area contributed by atoms with Crippen LogP contribution in [0.5, 0.6) is 0 Å². The predicted octanol–water partition coefficient (Wildman–Crippen LogP) is 4.83. The first-order valence-corrected chi connectivity index (χ1v) is 7.79. The van der Waals surface area contributed by atoms with Gasteiger partial charge in [-0.05, 0) is 42.0 Å². The van der Waals surface area contributed by atoms with Crippen LogP contribution in [0.3, 0.4) is 0 Å². The molecule has 2 aromatic carbocycles. The molecule has 0 saturated heterocycles. The first kappa shape index (κ1) is 15.6. The Morgan fingerprint density at radius 2 is 1.80 bits per heavy atom. The van der Waals surface area contributed by atoms with Crippen molar-refractivity contribution in [3.05, 3.63) is 63.9 Å². The van der Waals surface area contributed by atoms with Crippen molar-refractivity contribution in [1.82, 2.24) is 0 Å². The molecule has 0 radical (unpaired) electrons. The maximum absolute atomic E-state index is 12.9. The summed E-state index contributed by atoms with van der Waals surface area (Å²) in [5.74, 6) is 0.166. The molecule has 2 rings (SSSR count). The lowest BCUT2D eigenvalue weighted by atomic mass is 10.1. The van der Waals surface area contributed by atoms with Crippen LogP contribution in [-0.2, 0) is 6.42 Å². The molecule has 0 heterocycles. The van der Waals surface area contributed by atoms with E-state index in [2.05, 4.69) is 0 Å².